The molecule has 13 heteroatoms. The molecule has 184 valence electrons. The molecule has 0 radical (unpaired) electrons. The zero-order valence-corrected chi connectivity index (χ0v) is 23.9. The van der Waals surface area contributed by atoms with Gasteiger partial charge in [-0.25, -0.2) is 9.97 Å². The van der Waals surface area contributed by atoms with Crippen molar-refractivity contribution in [1.29, 1.82) is 0 Å². The van der Waals surface area contributed by atoms with Crippen molar-refractivity contribution in [2.75, 3.05) is 31.7 Å². The minimum atomic E-state index is 0. The van der Waals surface area contributed by atoms with Crippen LogP contribution in [0, 0.1) is 6.08 Å². The third kappa shape index (κ3) is 23.1. The second-order valence-corrected chi connectivity index (χ2v) is 9.99. The van der Waals surface area contributed by atoms with Crippen LogP contribution in [0.25, 0.3) is 0 Å². The van der Waals surface area contributed by atoms with Gasteiger partial charge in [0.05, 0.1) is 18.8 Å². The Kier molecular flexibility index (Phi) is 33.3. The lowest BCUT2D eigenvalue weighted by Crippen LogP contribution is -3.00. The van der Waals surface area contributed by atoms with Crippen molar-refractivity contribution in [2.24, 2.45) is 4.99 Å². The van der Waals surface area contributed by atoms with E-state index >= 15 is 0 Å². The van der Waals surface area contributed by atoms with Crippen LogP contribution < -0.4 is 36.3 Å². The van der Waals surface area contributed by atoms with Crippen molar-refractivity contribution in [2.45, 2.75) is 10.1 Å². The van der Waals surface area contributed by atoms with E-state index in [0.29, 0.717) is 0 Å². The molecular weight excluding hydrogens is 557 g/mol. The molecule has 2 aromatic heterocycles. The van der Waals surface area contributed by atoms with Gasteiger partial charge in [0.25, 0.3) is 0 Å². The fraction of sp³-hybridized carbons (Fsp3) is 0.250. The molecule has 0 amide bonds. The highest BCUT2D eigenvalue weighted by atomic mass is 35.5. The Labute approximate surface area is 230 Å². The number of hydrogen-bond donors (Lipinski definition) is 4. The summed E-state index contributed by atoms with van der Waals surface area (Å²) in [6.07, 6.45) is 11.9. The number of quaternary nitrogens is 2. The lowest BCUT2D eigenvalue weighted by molar-refractivity contribution is -0.360. The van der Waals surface area contributed by atoms with E-state index in [1.807, 2.05) is 54.7 Å². The van der Waals surface area contributed by atoms with Crippen LogP contribution in [0.2, 0.25) is 0 Å². The number of aliphatic hydroxyl groups excluding tert-OH is 1. The van der Waals surface area contributed by atoms with Gasteiger partial charge < -0.3 is 41.4 Å². The molecule has 0 atom stereocenters. The molecular formula is C20H30Cl2N5OS5+. The number of nitrogens with zero attached hydrogens (tertiary/aromatic N) is 3. The van der Waals surface area contributed by atoms with E-state index in [9.17, 15) is 0 Å². The van der Waals surface area contributed by atoms with Crippen molar-refractivity contribution in [3.63, 3.8) is 0 Å². The van der Waals surface area contributed by atoms with Crippen molar-refractivity contribution >= 4 is 60.8 Å². The Balaban J connectivity index is -0.000000428. The first-order valence-electron chi connectivity index (χ1n) is 9.22. The van der Waals surface area contributed by atoms with Crippen LogP contribution in [-0.4, -0.2) is 51.8 Å². The van der Waals surface area contributed by atoms with E-state index in [0.717, 1.165) is 46.8 Å². The number of halogens is 2. The fourth-order valence-corrected chi connectivity index (χ4v) is 4.95. The molecule has 0 fully saturated rings. The topological polar surface area (TPSA) is 114 Å². The summed E-state index contributed by atoms with van der Waals surface area (Å²) in [4.78, 5) is 12.5. The van der Waals surface area contributed by atoms with Gasteiger partial charge >= 0.3 is 0 Å². The second kappa shape index (κ2) is 29.6. The number of hydrogen-bond acceptors (Lipinski definition) is 9. The van der Waals surface area contributed by atoms with Crippen LogP contribution in [0.5, 0.6) is 0 Å². The molecule has 3 heterocycles. The SMILES string of the molecule is CO.[C+]1=CN=C(SSc2ccccn2)C=C1.[Cl-].[Cl-].[NH3+]CCS.[NH3+]CCSSc1ccccn1. The first-order valence-corrected chi connectivity index (χ1v) is 14.3. The van der Waals surface area contributed by atoms with Gasteiger partial charge in [0.1, 0.15) is 22.2 Å². The lowest BCUT2D eigenvalue weighted by atomic mass is 10.4. The quantitative estimate of drug-likeness (QED) is 0.118. The highest BCUT2D eigenvalue weighted by Crippen LogP contribution is 2.31. The fourth-order valence-electron chi connectivity index (χ4n) is 1.39. The summed E-state index contributed by atoms with van der Waals surface area (Å²) in [6.45, 7) is 1.91. The Hall–Kier alpha value is -0.430. The van der Waals surface area contributed by atoms with Crippen LogP contribution >= 0.6 is 55.8 Å². The molecule has 0 aliphatic carbocycles. The largest absolute Gasteiger partial charge is 1.00 e. The van der Waals surface area contributed by atoms with Crippen LogP contribution in [-0.2, 0) is 0 Å². The summed E-state index contributed by atoms with van der Waals surface area (Å²) in [5.41, 5.74) is 7.29. The Morgan fingerprint density at radius 2 is 1.48 bits per heavy atom. The Bertz CT molecular complexity index is 742. The second-order valence-electron chi connectivity index (χ2n) is 4.94. The molecule has 33 heavy (non-hydrogen) atoms. The normalized spacial score (nSPS) is 10.2. The molecule has 0 unspecified atom stereocenters. The maximum Gasteiger partial charge on any atom is 0.194 e. The van der Waals surface area contributed by atoms with E-state index in [1.54, 1.807) is 55.6 Å². The average molecular weight is 588 g/mol. The zero-order valence-electron chi connectivity index (χ0n) is 18.2. The predicted octanol–water partition coefficient (Wildman–Crippen LogP) is -3.05. The standard InChI is InChI=1S/C10H7N2S2.C7H10N2S2.C2H7NS.CH4O.2ClH/c1-3-7-11-9(5-1)13-14-10-6-2-4-8-12-10;8-4-6-10-11-7-3-1-2-5-9-7;3-1-2-4;1-2;;/h1-3,5-8H;1-3,5H,4,6,8H2;4H,1-3H2;2H,1H3;2*1H/q+1;;;;;. The summed E-state index contributed by atoms with van der Waals surface area (Å²) in [7, 11) is 7.71. The molecule has 0 spiro atoms. The monoisotopic (exact) mass is 586 g/mol. The van der Waals surface area contributed by atoms with E-state index < -0.39 is 0 Å². The van der Waals surface area contributed by atoms with Crippen LogP contribution in [0.15, 0.2) is 82.2 Å². The number of aliphatic hydroxyl groups is 1. The summed E-state index contributed by atoms with van der Waals surface area (Å²) < 4.78 is 0. The summed E-state index contributed by atoms with van der Waals surface area (Å²) in [5.74, 6) is 1.99. The number of allylic oxidation sites excluding steroid dienone is 2. The number of rotatable bonds is 7. The van der Waals surface area contributed by atoms with E-state index in [1.165, 1.54) is 0 Å². The van der Waals surface area contributed by atoms with Gasteiger partial charge in [-0.15, -0.1) is 0 Å². The average Bonchev–Trinajstić information content (AvgIpc) is 2.87. The third-order valence-corrected chi connectivity index (χ3v) is 7.46. The molecule has 1 aliphatic heterocycles. The molecule has 7 N–H and O–H groups in total. The molecule has 6 nitrogen and oxygen atoms in total. The van der Waals surface area contributed by atoms with Crippen molar-refractivity contribution in [1.82, 2.24) is 9.97 Å². The van der Waals surface area contributed by atoms with Crippen LogP contribution in [0.4, 0.5) is 0 Å². The van der Waals surface area contributed by atoms with Gasteiger partial charge in [0.2, 0.25) is 0 Å². The maximum absolute atomic E-state index is 7.00. The Morgan fingerprint density at radius 1 is 0.909 bits per heavy atom. The van der Waals surface area contributed by atoms with E-state index in [-0.39, 0.29) is 24.8 Å². The van der Waals surface area contributed by atoms with Gasteiger partial charge in [-0.2, -0.15) is 17.6 Å². The molecule has 2 aromatic rings. The maximum atomic E-state index is 7.00. The Morgan fingerprint density at radius 3 is 1.91 bits per heavy atom. The highest BCUT2D eigenvalue weighted by molar-refractivity contribution is 8.82. The lowest BCUT2D eigenvalue weighted by Gasteiger charge is -1.96. The van der Waals surface area contributed by atoms with Crippen molar-refractivity contribution < 1.29 is 41.4 Å². The summed E-state index contributed by atoms with van der Waals surface area (Å²) >= 11 is 3.86. The van der Waals surface area contributed by atoms with Crippen LogP contribution in [0.1, 0.15) is 0 Å². The molecule has 1 aliphatic rings. The number of aromatic nitrogens is 2. The van der Waals surface area contributed by atoms with E-state index in [2.05, 4.69) is 45.1 Å². The van der Waals surface area contributed by atoms with Gasteiger partial charge in [-0.05, 0) is 56.6 Å². The first-order chi connectivity index (χ1) is 15.3. The predicted molar refractivity (Wildman–Crippen MR) is 142 cm³/mol. The summed E-state index contributed by atoms with van der Waals surface area (Å²) in [5, 5.41) is 10.0. The summed E-state index contributed by atoms with van der Waals surface area (Å²) in [6, 6.07) is 11.8. The van der Waals surface area contributed by atoms with Gasteiger partial charge in [0.15, 0.2) is 17.3 Å². The van der Waals surface area contributed by atoms with Gasteiger partial charge in [0, 0.05) is 25.3 Å². The molecule has 0 saturated carbocycles. The minimum absolute atomic E-state index is 0. The number of pyridine rings is 2. The number of aliphatic imine (C=N–C) groups is 1. The van der Waals surface area contributed by atoms with Crippen LogP contribution in [0.3, 0.4) is 0 Å². The number of thiol groups is 1. The highest BCUT2D eigenvalue weighted by Gasteiger charge is 2.06. The van der Waals surface area contributed by atoms with Crippen molar-refractivity contribution in [3.05, 3.63) is 73.2 Å². The van der Waals surface area contributed by atoms with E-state index in [4.69, 9.17) is 5.11 Å². The molecule has 0 aromatic carbocycles. The minimum Gasteiger partial charge on any atom is -1.00 e. The first kappa shape index (κ1) is 37.1. The third-order valence-electron chi connectivity index (χ3n) is 2.61. The smallest absolute Gasteiger partial charge is 0.194 e. The molecule has 0 saturated heterocycles. The van der Waals surface area contributed by atoms with Gasteiger partial charge in [-0.1, -0.05) is 22.9 Å². The molecule has 0 bridgehead atoms. The van der Waals surface area contributed by atoms with Gasteiger partial charge in [-0.3, -0.25) is 0 Å². The molecule has 3 rings (SSSR count). The zero-order chi connectivity index (χ0) is 23.0. The van der Waals surface area contributed by atoms with Crippen molar-refractivity contribution in [3.8, 4) is 0 Å².